The summed E-state index contributed by atoms with van der Waals surface area (Å²) in [6, 6.07) is 6.31. The van der Waals surface area contributed by atoms with Crippen molar-refractivity contribution in [2.24, 2.45) is 0 Å². The van der Waals surface area contributed by atoms with Gasteiger partial charge in [-0.15, -0.1) is 0 Å². The van der Waals surface area contributed by atoms with Crippen molar-refractivity contribution in [1.82, 2.24) is 15.1 Å². The fourth-order valence-electron chi connectivity index (χ4n) is 3.09. The van der Waals surface area contributed by atoms with Crippen molar-refractivity contribution >= 4 is 29.4 Å². The van der Waals surface area contributed by atoms with Crippen molar-refractivity contribution in [2.75, 3.05) is 19.6 Å². The molecule has 2 fully saturated rings. The summed E-state index contributed by atoms with van der Waals surface area (Å²) in [5, 5.41) is 3.06. The molecule has 23 heavy (non-hydrogen) atoms. The van der Waals surface area contributed by atoms with E-state index >= 15 is 0 Å². The van der Waals surface area contributed by atoms with E-state index in [4.69, 9.17) is 11.6 Å². The molecule has 3 rings (SSSR count). The lowest BCUT2D eigenvalue weighted by molar-refractivity contribution is -0.138. The highest BCUT2D eigenvalue weighted by molar-refractivity contribution is 6.32. The Labute approximate surface area is 139 Å². The van der Waals surface area contributed by atoms with E-state index in [2.05, 4.69) is 5.32 Å². The number of hydrogen-bond acceptors (Lipinski definition) is 3. The molecule has 6 nitrogen and oxygen atoms in total. The van der Waals surface area contributed by atoms with E-state index in [0.717, 1.165) is 17.7 Å². The first-order valence-corrected chi connectivity index (χ1v) is 7.98. The zero-order valence-electron chi connectivity index (χ0n) is 12.8. The topological polar surface area (TPSA) is 69.7 Å². The molecule has 0 radical (unpaired) electrons. The van der Waals surface area contributed by atoms with Crippen LogP contribution in [0.15, 0.2) is 24.3 Å². The van der Waals surface area contributed by atoms with Crippen LogP contribution in [-0.4, -0.2) is 47.3 Å². The quantitative estimate of drug-likeness (QED) is 0.855. The van der Waals surface area contributed by atoms with E-state index in [1.165, 1.54) is 0 Å². The maximum atomic E-state index is 12.8. The van der Waals surface area contributed by atoms with Gasteiger partial charge in [0.05, 0.1) is 0 Å². The van der Waals surface area contributed by atoms with Crippen molar-refractivity contribution in [2.45, 2.75) is 25.3 Å². The van der Waals surface area contributed by atoms with E-state index in [9.17, 15) is 14.4 Å². The lowest BCUT2D eigenvalue weighted by Gasteiger charge is -2.24. The minimum atomic E-state index is -1.25. The predicted molar refractivity (Wildman–Crippen MR) is 84.9 cm³/mol. The molecular weight excluding hydrogens is 318 g/mol. The van der Waals surface area contributed by atoms with Crippen molar-refractivity contribution < 1.29 is 14.4 Å². The monoisotopic (exact) mass is 335 g/mol. The fraction of sp³-hybridized carbons (Fsp3) is 0.438. The number of nitrogens with zero attached hydrogens (tertiary/aromatic N) is 2. The van der Waals surface area contributed by atoms with E-state index < -0.39 is 17.5 Å². The first-order valence-electron chi connectivity index (χ1n) is 7.60. The number of rotatable bonds is 3. The Bertz CT molecular complexity index is 672. The molecule has 0 unspecified atom stereocenters. The molecule has 4 amide bonds. The van der Waals surface area contributed by atoms with Gasteiger partial charge in [-0.1, -0.05) is 29.8 Å². The lowest BCUT2D eigenvalue weighted by Crippen LogP contribution is -2.44. The minimum absolute atomic E-state index is 0.200. The number of halogens is 1. The number of carbonyl (C=O) groups excluding carboxylic acids is 3. The molecule has 0 spiro atoms. The summed E-state index contributed by atoms with van der Waals surface area (Å²) < 4.78 is 0. The first kappa shape index (κ1) is 15.8. The van der Waals surface area contributed by atoms with Crippen LogP contribution in [0.5, 0.6) is 0 Å². The highest BCUT2D eigenvalue weighted by atomic mass is 35.5. The SMILES string of the molecule is C[C@]1(c2ccccc2Cl)NC(=O)N(CC(=O)N2CCCC2)C1=O. The largest absolute Gasteiger partial charge is 0.341 e. The summed E-state index contributed by atoms with van der Waals surface area (Å²) in [5.41, 5.74) is -0.725. The van der Waals surface area contributed by atoms with Gasteiger partial charge < -0.3 is 10.2 Å². The van der Waals surface area contributed by atoms with Crippen LogP contribution >= 0.6 is 11.6 Å². The third-order valence-corrected chi connectivity index (χ3v) is 4.77. The van der Waals surface area contributed by atoms with Crippen molar-refractivity contribution in [3.05, 3.63) is 34.9 Å². The number of likely N-dealkylation sites (tertiary alicyclic amines) is 1. The highest BCUT2D eigenvalue weighted by Gasteiger charge is 2.50. The van der Waals surface area contributed by atoms with Crippen LogP contribution in [0, 0.1) is 0 Å². The van der Waals surface area contributed by atoms with Gasteiger partial charge in [0.2, 0.25) is 5.91 Å². The van der Waals surface area contributed by atoms with E-state index in [1.807, 2.05) is 0 Å². The number of hydrogen-bond donors (Lipinski definition) is 1. The molecular formula is C16H18ClN3O3. The number of imide groups is 1. The number of carbonyl (C=O) groups is 3. The third kappa shape index (κ3) is 2.67. The van der Waals surface area contributed by atoms with Crippen LogP contribution in [0.25, 0.3) is 0 Å². The molecule has 2 aliphatic heterocycles. The smallest absolute Gasteiger partial charge is 0.325 e. The Morgan fingerprint density at radius 3 is 2.57 bits per heavy atom. The van der Waals surface area contributed by atoms with Gasteiger partial charge in [0, 0.05) is 23.7 Å². The summed E-state index contributed by atoms with van der Waals surface area (Å²) in [6.45, 7) is 2.74. The first-order chi connectivity index (χ1) is 10.9. The van der Waals surface area contributed by atoms with Gasteiger partial charge in [0.15, 0.2) is 0 Å². The molecule has 2 saturated heterocycles. The van der Waals surface area contributed by atoms with E-state index in [-0.39, 0.29) is 12.5 Å². The van der Waals surface area contributed by atoms with Crippen LogP contribution < -0.4 is 5.32 Å². The van der Waals surface area contributed by atoms with Crippen LogP contribution in [0.2, 0.25) is 5.02 Å². The van der Waals surface area contributed by atoms with Crippen LogP contribution in [0.1, 0.15) is 25.3 Å². The molecule has 0 saturated carbocycles. The average Bonchev–Trinajstić information content (AvgIpc) is 3.12. The molecule has 1 aromatic carbocycles. The van der Waals surface area contributed by atoms with Crippen LogP contribution in [0.3, 0.4) is 0 Å². The second-order valence-electron chi connectivity index (χ2n) is 6.01. The van der Waals surface area contributed by atoms with E-state index in [1.54, 1.807) is 36.1 Å². The maximum absolute atomic E-state index is 12.8. The van der Waals surface area contributed by atoms with Gasteiger partial charge >= 0.3 is 6.03 Å². The highest BCUT2D eigenvalue weighted by Crippen LogP contribution is 2.33. The molecule has 122 valence electrons. The third-order valence-electron chi connectivity index (χ3n) is 4.44. The minimum Gasteiger partial charge on any atom is -0.341 e. The van der Waals surface area contributed by atoms with Crippen LogP contribution in [-0.2, 0) is 15.1 Å². The predicted octanol–water partition coefficient (Wildman–Crippen LogP) is 1.73. The Morgan fingerprint density at radius 1 is 1.26 bits per heavy atom. The van der Waals surface area contributed by atoms with Gasteiger partial charge in [-0.2, -0.15) is 0 Å². The Hall–Kier alpha value is -2.08. The van der Waals surface area contributed by atoms with Crippen molar-refractivity contribution in [3.8, 4) is 0 Å². The number of benzene rings is 1. The molecule has 0 aromatic heterocycles. The summed E-state index contributed by atoms with van der Waals surface area (Å²) in [4.78, 5) is 39.9. The summed E-state index contributed by atoms with van der Waals surface area (Å²) in [7, 11) is 0. The summed E-state index contributed by atoms with van der Waals surface area (Å²) in [6.07, 6.45) is 1.92. The number of urea groups is 1. The summed E-state index contributed by atoms with van der Waals surface area (Å²) in [5.74, 6) is -0.655. The standard InChI is InChI=1S/C16H18ClN3O3/c1-16(11-6-2-3-7-12(11)17)14(22)20(15(23)18-16)10-13(21)19-8-4-5-9-19/h2-3,6-7H,4-5,8-10H2,1H3,(H,18,23)/t16-/m1/s1. The van der Waals surface area contributed by atoms with Crippen molar-refractivity contribution in [1.29, 1.82) is 0 Å². The number of nitrogens with one attached hydrogen (secondary N) is 1. The molecule has 0 bridgehead atoms. The van der Waals surface area contributed by atoms with Gasteiger partial charge in [-0.05, 0) is 25.8 Å². The molecule has 1 N–H and O–H groups in total. The van der Waals surface area contributed by atoms with Crippen molar-refractivity contribution in [3.63, 3.8) is 0 Å². The molecule has 1 aromatic rings. The zero-order chi connectivity index (χ0) is 16.6. The van der Waals surface area contributed by atoms with Gasteiger partial charge in [0.25, 0.3) is 5.91 Å². The molecule has 2 aliphatic rings. The average molecular weight is 336 g/mol. The Kier molecular flexibility index (Phi) is 4.02. The zero-order valence-corrected chi connectivity index (χ0v) is 13.6. The lowest BCUT2D eigenvalue weighted by atomic mass is 9.92. The second-order valence-corrected chi connectivity index (χ2v) is 6.42. The number of amides is 4. The second kappa shape index (κ2) is 5.85. The van der Waals surface area contributed by atoms with Crippen LogP contribution in [0.4, 0.5) is 4.79 Å². The normalized spacial score (nSPS) is 24.3. The maximum Gasteiger partial charge on any atom is 0.325 e. The summed E-state index contributed by atoms with van der Waals surface area (Å²) >= 11 is 6.17. The fourth-order valence-corrected chi connectivity index (χ4v) is 3.42. The Balaban J connectivity index is 1.82. The molecule has 2 heterocycles. The Morgan fingerprint density at radius 2 is 1.91 bits per heavy atom. The molecule has 1 atom stereocenters. The molecule has 7 heteroatoms. The van der Waals surface area contributed by atoms with Gasteiger partial charge in [-0.3, -0.25) is 14.5 Å². The van der Waals surface area contributed by atoms with E-state index in [0.29, 0.717) is 23.7 Å². The van der Waals surface area contributed by atoms with Gasteiger partial charge in [-0.25, -0.2) is 4.79 Å². The molecule has 0 aliphatic carbocycles. The van der Waals surface area contributed by atoms with Gasteiger partial charge in [0.1, 0.15) is 12.1 Å².